The molecule has 39 heavy (non-hydrogen) atoms. The number of amides is 1. The van der Waals surface area contributed by atoms with E-state index in [1.807, 2.05) is 36.4 Å². The number of nitrogens with one attached hydrogen (secondary N) is 1. The van der Waals surface area contributed by atoms with Crippen molar-refractivity contribution in [1.82, 2.24) is 5.32 Å². The molecular weight excluding hydrogens is 504 g/mol. The number of hydrogen-bond donors (Lipinski definition) is 1. The van der Waals surface area contributed by atoms with Crippen molar-refractivity contribution in [2.75, 3.05) is 27.4 Å². The molecule has 204 valence electrons. The average Bonchev–Trinajstić information content (AvgIpc) is 3.27. The Morgan fingerprint density at radius 2 is 1.64 bits per heavy atom. The first-order valence-electron chi connectivity index (χ1n) is 12.5. The van der Waals surface area contributed by atoms with Crippen LogP contribution >= 0.6 is 0 Å². The molecule has 3 aromatic rings. The normalized spacial score (nSPS) is 12.6. The van der Waals surface area contributed by atoms with E-state index < -0.39 is 17.1 Å². The topological polar surface area (TPSA) is 126 Å². The number of fused-ring (bicyclic) bond motifs is 3. The lowest BCUT2D eigenvalue weighted by Gasteiger charge is -2.19. The zero-order valence-corrected chi connectivity index (χ0v) is 22.0. The molecule has 0 bridgehead atoms. The summed E-state index contributed by atoms with van der Waals surface area (Å²) in [5, 5.41) is 14.6. The molecule has 0 saturated heterocycles. The molecule has 0 saturated carbocycles. The first kappa shape index (κ1) is 27.4. The molecular formula is C29H30N2O8. The summed E-state index contributed by atoms with van der Waals surface area (Å²) in [4.78, 5) is 35.4. The zero-order chi connectivity index (χ0) is 27.9. The van der Waals surface area contributed by atoms with Crippen molar-refractivity contribution in [3.05, 3.63) is 87.5 Å². The number of esters is 1. The fourth-order valence-electron chi connectivity index (χ4n) is 4.74. The van der Waals surface area contributed by atoms with E-state index in [1.54, 1.807) is 6.92 Å². The Kier molecular flexibility index (Phi) is 8.65. The second-order valence-corrected chi connectivity index (χ2v) is 9.04. The summed E-state index contributed by atoms with van der Waals surface area (Å²) in [6.45, 7) is 1.88. The predicted molar refractivity (Wildman–Crippen MR) is 143 cm³/mol. The lowest BCUT2D eigenvalue weighted by atomic mass is 9.98. The van der Waals surface area contributed by atoms with E-state index in [0.717, 1.165) is 22.3 Å². The number of hydrogen-bond acceptors (Lipinski definition) is 8. The van der Waals surface area contributed by atoms with Gasteiger partial charge < -0.3 is 24.3 Å². The number of rotatable bonds is 11. The molecule has 0 fully saturated rings. The van der Waals surface area contributed by atoms with Crippen LogP contribution in [0.15, 0.2) is 60.7 Å². The average molecular weight is 535 g/mol. The van der Waals surface area contributed by atoms with Crippen molar-refractivity contribution >= 4 is 17.7 Å². The number of benzene rings is 3. The summed E-state index contributed by atoms with van der Waals surface area (Å²) >= 11 is 0. The minimum atomic E-state index is -0.761. The monoisotopic (exact) mass is 534 g/mol. The lowest BCUT2D eigenvalue weighted by molar-refractivity contribution is -0.385. The quantitative estimate of drug-likeness (QED) is 0.147. The van der Waals surface area contributed by atoms with Gasteiger partial charge in [-0.05, 0) is 41.7 Å². The third-order valence-corrected chi connectivity index (χ3v) is 6.66. The van der Waals surface area contributed by atoms with Crippen molar-refractivity contribution in [1.29, 1.82) is 0 Å². The summed E-state index contributed by atoms with van der Waals surface area (Å²) < 4.78 is 21.2. The van der Waals surface area contributed by atoms with E-state index in [9.17, 15) is 19.7 Å². The molecule has 1 N–H and O–H groups in total. The summed E-state index contributed by atoms with van der Waals surface area (Å²) in [5.41, 5.74) is 4.39. The second kappa shape index (κ2) is 12.3. The Bertz CT molecular complexity index is 1330. The largest absolute Gasteiger partial charge is 0.493 e. The predicted octanol–water partition coefficient (Wildman–Crippen LogP) is 5.54. The molecule has 10 heteroatoms. The number of ether oxygens (including phenoxy) is 4. The van der Waals surface area contributed by atoms with Gasteiger partial charge in [0.05, 0.1) is 43.4 Å². The molecule has 1 aliphatic carbocycles. The van der Waals surface area contributed by atoms with Crippen LogP contribution in [0.2, 0.25) is 0 Å². The number of methoxy groups -OCH3 is 2. The maximum Gasteiger partial charge on any atom is 0.407 e. The third-order valence-electron chi connectivity index (χ3n) is 6.66. The van der Waals surface area contributed by atoms with Crippen LogP contribution in [0.1, 0.15) is 48.4 Å². The minimum Gasteiger partial charge on any atom is -0.493 e. The van der Waals surface area contributed by atoms with Crippen molar-refractivity contribution in [2.24, 2.45) is 0 Å². The molecule has 0 radical (unpaired) electrons. The van der Waals surface area contributed by atoms with Gasteiger partial charge in [0.15, 0.2) is 11.5 Å². The molecule has 1 aliphatic rings. The molecule has 0 heterocycles. The SMILES string of the molecule is COC(=O)CCCOc1cc([N+](=O)[O-])c(C(C)NC(=O)OCC2c3ccccc3-c3ccccc32)cc1OC. The van der Waals surface area contributed by atoms with Crippen LogP contribution in [-0.2, 0) is 14.3 Å². The molecule has 1 amide bonds. The number of nitro groups is 1. The molecule has 10 nitrogen and oxygen atoms in total. The number of nitrogens with zero attached hydrogens (tertiary/aromatic N) is 1. The summed E-state index contributed by atoms with van der Waals surface area (Å²) in [7, 11) is 2.71. The van der Waals surface area contributed by atoms with Crippen molar-refractivity contribution in [3.8, 4) is 22.6 Å². The summed E-state index contributed by atoms with van der Waals surface area (Å²) in [6, 6.07) is 18.0. The Labute approximate surface area is 226 Å². The highest BCUT2D eigenvalue weighted by molar-refractivity contribution is 5.79. The van der Waals surface area contributed by atoms with Crippen molar-refractivity contribution < 1.29 is 33.5 Å². The third kappa shape index (κ3) is 6.11. The lowest BCUT2D eigenvalue weighted by Crippen LogP contribution is -2.29. The first-order chi connectivity index (χ1) is 18.8. The fraction of sp³-hybridized carbons (Fsp3) is 0.310. The standard InChI is InChI=1S/C29H30N2O8/c1-18(23-15-26(36-2)27(16-25(23)31(34)35)38-14-8-13-28(32)37-3)30-29(33)39-17-24-21-11-6-4-9-19(21)20-10-5-7-12-22(20)24/h4-7,9-12,15-16,18,24H,8,13-14,17H2,1-3H3,(H,30,33). The van der Waals surface area contributed by atoms with Crippen molar-refractivity contribution in [3.63, 3.8) is 0 Å². The van der Waals surface area contributed by atoms with Gasteiger partial charge in [-0.2, -0.15) is 0 Å². The molecule has 1 atom stereocenters. The van der Waals surface area contributed by atoms with Crippen LogP contribution in [0.25, 0.3) is 11.1 Å². The van der Waals surface area contributed by atoms with Gasteiger partial charge >= 0.3 is 12.1 Å². The highest BCUT2D eigenvalue weighted by Crippen LogP contribution is 2.44. The van der Waals surface area contributed by atoms with Gasteiger partial charge in [-0.15, -0.1) is 0 Å². The minimum absolute atomic E-state index is 0.108. The van der Waals surface area contributed by atoms with Crippen LogP contribution in [-0.4, -0.2) is 44.4 Å². The van der Waals surface area contributed by atoms with Gasteiger partial charge in [-0.3, -0.25) is 14.9 Å². The maximum absolute atomic E-state index is 12.8. The number of alkyl carbamates (subject to hydrolysis) is 1. The molecule has 0 aromatic heterocycles. The molecule has 0 spiro atoms. The van der Waals surface area contributed by atoms with Gasteiger partial charge in [-0.1, -0.05) is 48.5 Å². The van der Waals surface area contributed by atoms with E-state index in [4.69, 9.17) is 14.2 Å². The van der Waals surface area contributed by atoms with E-state index >= 15 is 0 Å². The molecule has 0 aliphatic heterocycles. The highest BCUT2D eigenvalue weighted by Gasteiger charge is 2.30. The highest BCUT2D eigenvalue weighted by atomic mass is 16.6. The van der Waals surface area contributed by atoms with Crippen LogP contribution < -0.4 is 14.8 Å². The Morgan fingerprint density at radius 3 is 2.23 bits per heavy atom. The Hall–Kier alpha value is -4.60. The molecule has 4 rings (SSSR count). The molecule has 3 aromatic carbocycles. The fourth-order valence-corrected chi connectivity index (χ4v) is 4.74. The Morgan fingerprint density at radius 1 is 1.00 bits per heavy atom. The first-order valence-corrected chi connectivity index (χ1v) is 12.5. The van der Waals surface area contributed by atoms with E-state index in [2.05, 4.69) is 22.2 Å². The van der Waals surface area contributed by atoms with E-state index in [1.165, 1.54) is 26.4 Å². The summed E-state index contributed by atoms with van der Waals surface area (Å²) in [5.74, 6) is -0.0652. The van der Waals surface area contributed by atoms with Gasteiger partial charge in [0.2, 0.25) is 0 Å². The van der Waals surface area contributed by atoms with E-state index in [0.29, 0.717) is 6.42 Å². The number of carbonyl (C=O) groups is 2. The van der Waals surface area contributed by atoms with Crippen LogP contribution in [0, 0.1) is 10.1 Å². The van der Waals surface area contributed by atoms with Crippen LogP contribution in [0.3, 0.4) is 0 Å². The van der Waals surface area contributed by atoms with Crippen LogP contribution in [0.4, 0.5) is 10.5 Å². The summed E-state index contributed by atoms with van der Waals surface area (Å²) in [6.07, 6.45) is -0.175. The number of carbonyl (C=O) groups excluding carboxylic acids is 2. The van der Waals surface area contributed by atoms with Crippen LogP contribution in [0.5, 0.6) is 11.5 Å². The zero-order valence-electron chi connectivity index (χ0n) is 22.0. The van der Waals surface area contributed by atoms with Gasteiger partial charge in [0, 0.05) is 12.3 Å². The second-order valence-electron chi connectivity index (χ2n) is 9.04. The Balaban J connectivity index is 1.44. The van der Waals surface area contributed by atoms with Gasteiger partial charge in [0.25, 0.3) is 5.69 Å². The van der Waals surface area contributed by atoms with Crippen molar-refractivity contribution in [2.45, 2.75) is 31.7 Å². The van der Waals surface area contributed by atoms with E-state index in [-0.39, 0.29) is 54.3 Å². The maximum atomic E-state index is 12.8. The van der Waals surface area contributed by atoms with Gasteiger partial charge in [-0.25, -0.2) is 4.79 Å². The van der Waals surface area contributed by atoms with Gasteiger partial charge in [0.1, 0.15) is 6.61 Å². The number of nitro benzene ring substituents is 1. The smallest absolute Gasteiger partial charge is 0.407 e. The molecule has 1 unspecified atom stereocenters.